The number of carbonyl (C=O) groups excluding carboxylic acids is 1. The van der Waals surface area contributed by atoms with E-state index in [1.54, 1.807) is 17.0 Å². The van der Waals surface area contributed by atoms with Crippen LogP contribution < -0.4 is 0 Å². The Morgan fingerprint density at radius 1 is 1.22 bits per heavy atom. The second kappa shape index (κ2) is 8.42. The van der Waals surface area contributed by atoms with Gasteiger partial charge in [-0.3, -0.25) is 9.89 Å². The fraction of sp³-hybridized carbons (Fsp3) is 0.550. The predicted molar refractivity (Wildman–Crippen MR) is 103 cm³/mol. The lowest BCUT2D eigenvalue weighted by atomic mass is 10.0. The first-order valence-corrected chi connectivity index (χ1v) is 10.7. The highest BCUT2D eigenvalue weighted by molar-refractivity contribution is 7.99. The van der Waals surface area contributed by atoms with Crippen LogP contribution in [-0.4, -0.2) is 37.8 Å². The quantitative estimate of drug-likeness (QED) is 0.696. The van der Waals surface area contributed by atoms with E-state index in [2.05, 4.69) is 15.2 Å². The van der Waals surface area contributed by atoms with E-state index in [-0.39, 0.29) is 23.5 Å². The van der Waals surface area contributed by atoms with Gasteiger partial charge in [0, 0.05) is 24.6 Å². The molecular formula is C20H25FN4OS. The molecule has 5 nitrogen and oxygen atoms in total. The molecule has 4 rings (SSSR count). The summed E-state index contributed by atoms with van der Waals surface area (Å²) in [7, 11) is 0. The number of aromatic nitrogens is 3. The fourth-order valence-corrected chi connectivity index (χ4v) is 4.45. The zero-order valence-corrected chi connectivity index (χ0v) is 16.2. The Morgan fingerprint density at radius 2 is 2.00 bits per heavy atom. The Bertz CT molecular complexity index is 786. The van der Waals surface area contributed by atoms with E-state index in [0.29, 0.717) is 23.2 Å². The first-order chi connectivity index (χ1) is 13.2. The van der Waals surface area contributed by atoms with Gasteiger partial charge in [0.15, 0.2) is 0 Å². The van der Waals surface area contributed by atoms with Gasteiger partial charge >= 0.3 is 0 Å². The predicted octanol–water partition coefficient (Wildman–Crippen LogP) is 3.96. The lowest BCUT2D eigenvalue weighted by molar-refractivity contribution is -0.129. The molecule has 1 amide bonds. The van der Waals surface area contributed by atoms with Crippen molar-refractivity contribution in [3.63, 3.8) is 0 Å². The van der Waals surface area contributed by atoms with Gasteiger partial charge in [-0.25, -0.2) is 9.37 Å². The highest BCUT2D eigenvalue weighted by Crippen LogP contribution is 2.30. The number of thioether (sulfide) groups is 1. The van der Waals surface area contributed by atoms with E-state index in [1.807, 2.05) is 6.07 Å². The standard InChI is InChI=1S/C20H25FN4OS/c21-17-8-4-3-7-15(17)12-25(16-9-10-16)19(26)13-27-20-22-18(23-24-20)11-14-5-1-2-6-14/h3-4,7-8,14,16H,1-2,5-6,9-13H2,(H,22,23,24). The van der Waals surface area contributed by atoms with Crippen molar-refractivity contribution >= 4 is 17.7 Å². The summed E-state index contributed by atoms with van der Waals surface area (Å²) >= 11 is 1.36. The Kier molecular flexibility index (Phi) is 5.76. The van der Waals surface area contributed by atoms with Gasteiger partial charge in [0.2, 0.25) is 11.1 Å². The van der Waals surface area contributed by atoms with E-state index in [1.165, 1.54) is 43.5 Å². The van der Waals surface area contributed by atoms with Gasteiger partial charge in [-0.1, -0.05) is 55.6 Å². The number of aromatic amines is 1. The maximum absolute atomic E-state index is 14.0. The average molecular weight is 389 g/mol. The molecule has 1 heterocycles. The molecule has 0 atom stereocenters. The molecule has 0 spiro atoms. The molecule has 7 heteroatoms. The molecule has 1 N–H and O–H groups in total. The van der Waals surface area contributed by atoms with Crippen LogP contribution in [0.5, 0.6) is 0 Å². The molecule has 0 saturated heterocycles. The van der Waals surface area contributed by atoms with Gasteiger partial charge in [-0.05, 0) is 24.8 Å². The molecule has 27 heavy (non-hydrogen) atoms. The topological polar surface area (TPSA) is 61.9 Å². The van der Waals surface area contributed by atoms with Crippen molar-refractivity contribution in [2.24, 2.45) is 5.92 Å². The van der Waals surface area contributed by atoms with Gasteiger partial charge in [0.1, 0.15) is 11.6 Å². The number of rotatable bonds is 8. The molecule has 2 aliphatic rings. The van der Waals surface area contributed by atoms with Crippen molar-refractivity contribution in [3.8, 4) is 0 Å². The molecule has 2 fully saturated rings. The van der Waals surface area contributed by atoms with Gasteiger partial charge in [-0.15, -0.1) is 5.10 Å². The van der Waals surface area contributed by atoms with Crippen molar-refractivity contribution in [2.75, 3.05) is 5.75 Å². The van der Waals surface area contributed by atoms with E-state index in [9.17, 15) is 9.18 Å². The van der Waals surface area contributed by atoms with Crippen LogP contribution in [0.4, 0.5) is 4.39 Å². The number of hydrogen-bond donors (Lipinski definition) is 1. The van der Waals surface area contributed by atoms with Crippen LogP contribution in [-0.2, 0) is 17.8 Å². The minimum atomic E-state index is -0.255. The van der Waals surface area contributed by atoms with Crippen LogP contribution in [0, 0.1) is 11.7 Å². The molecule has 2 aliphatic carbocycles. The van der Waals surface area contributed by atoms with Crippen LogP contribution in [0.2, 0.25) is 0 Å². The fourth-order valence-electron chi connectivity index (χ4n) is 3.75. The number of amides is 1. The van der Waals surface area contributed by atoms with Gasteiger partial charge in [-0.2, -0.15) is 0 Å². The Morgan fingerprint density at radius 3 is 2.74 bits per heavy atom. The maximum atomic E-state index is 14.0. The number of benzene rings is 1. The molecule has 0 aliphatic heterocycles. The summed E-state index contributed by atoms with van der Waals surface area (Å²) in [6, 6.07) is 6.91. The number of nitrogens with one attached hydrogen (secondary N) is 1. The minimum Gasteiger partial charge on any atom is -0.335 e. The molecule has 1 aromatic heterocycles. The molecule has 0 radical (unpaired) electrons. The largest absolute Gasteiger partial charge is 0.335 e. The van der Waals surface area contributed by atoms with Crippen molar-refractivity contribution in [1.29, 1.82) is 0 Å². The zero-order valence-electron chi connectivity index (χ0n) is 15.4. The summed E-state index contributed by atoms with van der Waals surface area (Å²) in [5.41, 5.74) is 0.569. The number of nitrogens with zero attached hydrogens (tertiary/aromatic N) is 3. The van der Waals surface area contributed by atoms with Crippen LogP contribution in [0.15, 0.2) is 29.4 Å². The molecule has 0 unspecified atom stereocenters. The monoisotopic (exact) mass is 388 g/mol. The average Bonchev–Trinajstić information content (AvgIpc) is 3.19. The molecule has 2 aromatic rings. The highest BCUT2D eigenvalue weighted by Gasteiger charge is 2.33. The summed E-state index contributed by atoms with van der Waals surface area (Å²) in [6.45, 7) is 0.331. The van der Waals surface area contributed by atoms with E-state index >= 15 is 0 Å². The number of H-pyrrole nitrogens is 1. The first kappa shape index (κ1) is 18.5. The van der Waals surface area contributed by atoms with Gasteiger partial charge < -0.3 is 4.90 Å². The van der Waals surface area contributed by atoms with E-state index in [4.69, 9.17) is 0 Å². The summed E-state index contributed by atoms with van der Waals surface area (Å²) in [5, 5.41) is 7.88. The summed E-state index contributed by atoms with van der Waals surface area (Å²) in [4.78, 5) is 19.0. The molecule has 2 saturated carbocycles. The lowest BCUT2D eigenvalue weighted by Gasteiger charge is -2.22. The Labute approximate surface area is 163 Å². The highest BCUT2D eigenvalue weighted by atomic mass is 32.2. The Hall–Kier alpha value is -1.89. The minimum absolute atomic E-state index is 0.0212. The third-order valence-electron chi connectivity index (χ3n) is 5.40. The van der Waals surface area contributed by atoms with Crippen molar-refractivity contribution in [2.45, 2.75) is 62.7 Å². The number of hydrogen-bond acceptors (Lipinski definition) is 4. The van der Waals surface area contributed by atoms with Crippen molar-refractivity contribution in [3.05, 3.63) is 41.5 Å². The molecule has 144 valence electrons. The smallest absolute Gasteiger partial charge is 0.233 e. The Balaban J connectivity index is 1.32. The molecule has 1 aromatic carbocycles. The van der Waals surface area contributed by atoms with Crippen LogP contribution in [0.25, 0.3) is 0 Å². The van der Waals surface area contributed by atoms with Crippen LogP contribution in [0.3, 0.4) is 0 Å². The summed E-state index contributed by atoms with van der Waals surface area (Å²) in [6.07, 6.45) is 8.11. The summed E-state index contributed by atoms with van der Waals surface area (Å²) in [5.74, 6) is 1.68. The first-order valence-electron chi connectivity index (χ1n) is 9.76. The SMILES string of the molecule is O=C(CSc1n[nH]c(CC2CCCC2)n1)N(Cc1ccccc1F)C1CC1. The van der Waals surface area contributed by atoms with Crippen molar-refractivity contribution < 1.29 is 9.18 Å². The van der Waals surface area contributed by atoms with E-state index in [0.717, 1.165) is 25.1 Å². The third kappa shape index (κ3) is 4.89. The second-order valence-corrected chi connectivity index (χ2v) is 8.49. The third-order valence-corrected chi connectivity index (χ3v) is 6.23. The second-order valence-electron chi connectivity index (χ2n) is 7.55. The number of carbonyl (C=O) groups is 1. The zero-order chi connectivity index (χ0) is 18.6. The lowest BCUT2D eigenvalue weighted by Crippen LogP contribution is -2.34. The summed E-state index contributed by atoms with van der Waals surface area (Å²) < 4.78 is 14.0. The van der Waals surface area contributed by atoms with E-state index < -0.39 is 0 Å². The normalized spacial score (nSPS) is 17.4. The molecule has 0 bridgehead atoms. The number of halogens is 1. The van der Waals surface area contributed by atoms with Crippen LogP contribution in [0.1, 0.15) is 49.9 Å². The van der Waals surface area contributed by atoms with Gasteiger partial charge in [0.25, 0.3) is 0 Å². The maximum Gasteiger partial charge on any atom is 0.233 e. The van der Waals surface area contributed by atoms with Crippen LogP contribution >= 0.6 is 11.8 Å². The van der Waals surface area contributed by atoms with Gasteiger partial charge in [0.05, 0.1) is 5.75 Å². The van der Waals surface area contributed by atoms with Crippen molar-refractivity contribution in [1.82, 2.24) is 20.1 Å². The molecular weight excluding hydrogens is 363 g/mol.